The summed E-state index contributed by atoms with van der Waals surface area (Å²) in [6, 6.07) is 0. The molecule has 0 saturated carbocycles. The fourth-order valence-corrected chi connectivity index (χ4v) is 2.07. The van der Waals surface area contributed by atoms with Crippen LogP contribution in [-0.4, -0.2) is 34.8 Å². The van der Waals surface area contributed by atoms with Gasteiger partial charge in [-0.1, -0.05) is 5.16 Å². The second kappa shape index (κ2) is 6.51. The Morgan fingerprint density at radius 1 is 1.50 bits per heavy atom. The van der Waals surface area contributed by atoms with Gasteiger partial charge in [0.2, 0.25) is 11.8 Å². The molecule has 2 rings (SSSR count). The van der Waals surface area contributed by atoms with Crippen LogP contribution in [-0.2, 0) is 15.1 Å². The first-order chi connectivity index (χ1) is 8.92. The summed E-state index contributed by atoms with van der Waals surface area (Å²) >= 11 is 0. The number of halogens is 1. The number of nitrogens with zero attached hydrogens (tertiary/aromatic N) is 2. The summed E-state index contributed by atoms with van der Waals surface area (Å²) in [6.07, 6.45) is 1.04. The molecule has 1 aromatic heterocycles. The molecular formula is C12H21ClN4O3. The molecular weight excluding hydrogens is 284 g/mol. The SMILES string of the molecule is Cc1nc(C(C)(C)NC(=O)[C@@H]2CC[C@H](CN)O2)no1.Cl. The van der Waals surface area contributed by atoms with Crippen molar-refractivity contribution < 1.29 is 14.1 Å². The number of nitrogens with two attached hydrogens (primary N) is 1. The number of hydrogen-bond donors (Lipinski definition) is 2. The standard InChI is InChI=1S/C12H20N4O3.ClH/c1-7-14-11(16-19-7)12(2,3)15-10(17)9-5-4-8(6-13)18-9;/h8-9H,4-6,13H2,1-3H3,(H,15,17);1H/t8-,9+;/m1./s1. The van der Waals surface area contributed by atoms with E-state index in [9.17, 15) is 4.79 Å². The monoisotopic (exact) mass is 304 g/mol. The van der Waals surface area contributed by atoms with Crippen LogP contribution in [0.4, 0.5) is 0 Å². The van der Waals surface area contributed by atoms with Crippen LogP contribution in [0.15, 0.2) is 4.52 Å². The number of hydrogen-bond acceptors (Lipinski definition) is 6. The van der Waals surface area contributed by atoms with Crippen molar-refractivity contribution >= 4 is 18.3 Å². The molecule has 2 atom stereocenters. The highest BCUT2D eigenvalue weighted by Gasteiger charge is 2.35. The molecule has 1 fully saturated rings. The fraction of sp³-hybridized carbons (Fsp3) is 0.750. The van der Waals surface area contributed by atoms with Crippen LogP contribution < -0.4 is 11.1 Å². The minimum Gasteiger partial charge on any atom is -0.364 e. The Hall–Kier alpha value is -1.18. The molecule has 3 N–H and O–H groups in total. The molecule has 1 aromatic rings. The summed E-state index contributed by atoms with van der Waals surface area (Å²) in [5.41, 5.74) is 4.83. The van der Waals surface area contributed by atoms with Gasteiger partial charge in [0, 0.05) is 13.5 Å². The van der Waals surface area contributed by atoms with Crippen molar-refractivity contribution in [1.29, 1.82) is 0 Å². The van der Waals surface area contributed by atoms with Crippen LogP contribution in [0.3, 0.4) is 0 Å². The van der Waals surface area contributed by atoms with Gasteiger partial charge in [-0.05, 0) is 26.7 Å². The summed E-state index contributed by atoms with van der Waals surface area (Å²) in [4.78, 5) is 16.3. The Kier molecular flexibility index (Phi) is 5.50. The van der Waals surface area contributed by atoms with Crippen molar-refractivity contribution in [3.8, 4) is 0 Å². The third-order valence-electron chi connectivity index (χ3n) is 3.19. The van der Waals surface area contributed by atoms with E-state index in [1.807, 2.05) is 13.8 Å². The third-order valence-corrected chi connectivity index (χ3v) is 3.19. The molecule has 0 spiro atoms. The number of rotatable bonds is 4. The summed E-state index contributed by atoms with van der Waals surface area (Å²) in [5, 5.41) is 6.72. The Morgan fingerprint density at radius 3 is 2.70 bits per heavy atom. The van der Waals surface area contributed by atoms with Gasteiger partial charge < -0.3 is 20.3 Å². The Balaban J connectivity index is 0.00000200. The van der Waals surface area contributed by atoms with E-state index in [1.54, 1.807) is 6.92 Å². The van der Waals surface area contributed by atoms with Crippen molar-refractivity contribution in [3.63, 3.8) is 0 Å². The maximum Gasteiger partial charge on any atom is 0.249 e. The van der Waals surface area contributed by atoms with Gasteiger partial charge >= 0.3 is 0 Å². The Morgan fingerprint density at radius 2 is 2.20 bits per heavy atom. The lowest BCUT2D eigenvalue weighted by molar-refractivity contribution is -0.133. The van der Waals surface area contributed by atoms with Gasteiger partial charge in [-0.15, -0.1) is 12.4 Å². The first-order valence-corrected chi connectivity index (χ1v) is 6.40. The molecule has 114 valence electrons. The van der Waals surface area contributed by atoms with Crippen molar-refractivity contribution in [2.45, 2.75) is 51.4 Å². The third kappa shape index (κ3) is 3.68. The van der Waals surface area contributed by atoms with Gasteiger partial charge in [-0.25, -0.2) is 0 Å². The number of carbonyl (C=O) groups excluding carboxylic acids is 1. The summed E-state index contributed by atoms with van der Waals surface area (Å²) in [5.74, 6) is 0.757. The van der Waals surface area contributed by atoms with Gasteiger partial charge in [-0.2, -0.15) is 4.98 Å². The summed E-state index contributed by atoms with van der Waals surface area (Å²) < 4.78 is 10.5. The molecule has 0 aromatic carbocycles. The van der Waals surface area contributed by atoms with Gasteiger partial charge in [0.05, 0.1) is 11.6 Å². The van der Waals surface area contributed by atoms with E-state index in [0.717, 1.165) is 6.42 Å². The van der Waals surface area contributed by atoms with E-state index >= 15 is 0 Å². The lowest BCUT2D eigenvalue weighted by Crippen LogP contribution is -2.46. The first-order valence-electron chi connectivity index (χ1n) is 6.40. The largest absolute Gasteiger partial charge is 0.364 e. The molecule has 0 aliphatic carbocycles. The first kappa shape index (κ1) is 16.9. The zero-order chi connectivity index (χ0) is 14.0. The molecule has 1 aliphatic heterocycles. The summed E-state index contributed by atoms with van der Waals surface area (Å²) in [6.45, 7) is 5.80. The smallest absolute Gasteiger partial charge is 0.249 e. The van der Waals surface area contributed by atoms with Crippen LogP contribution in [0.5, 0.6) is 0 Å². The average Bonchev–Trinajstić information content (AvgIpc) is 2.96. The number of ether oxygens (including phenoxy) is 1. The minimum atomic E-state index is -0.695. The zero-order valence-corrected chi connectivity index (χ0v) is 12.7. The van der Waals surface area contributed by atoms with Gasteiger partial charge in [0.15, 0.2) is 5.82 Å². The van der Waals surface area contributed by atoms with E-state index in [2.05, 4.69) is 15.5 Å². The quantitative estimate of drug-likeness (QED) is 0.847. The molecule has 0 bridgehead atoms. The highest BCUT2D eigenvalue weighted by atomic mass is 35.5. The molecule has 8 heteroatoms. The predicted molar refractivity (Wildman–Crippen MR) is 74.4 cm³/mol. The van der Waals surface area contributed by atoms with Crippen LogP contribution in [0.2, 0.25) is 0 Å². The number of amides is 1. The zero-order valence-electron chi connectivity index (χ0n) is 11.9. The molecule has 0 unspecified atom stereocenters. The maximum atomic E-state index is 12.1. The molecule has 1 aliphatic rings. The van der Waals surface area contributed by atoms with E-state index in [-0.39, 0.29) is 24.4 Å². The molecule has 1 saturated heterocycles. The highest BCUT2D eigenvalue weighted by Crippen LogP contribution is 2.22. The number of aromatic nitrogens is 2. The molecule has 0 radical (unpaired) electrons. The minimum absolute atomic E-state index is 0. The normalized spacial score (nSPS) is 22.4. The lowest BCUT2D eigenvalue weighted by Gasteiger charge is -2.24. The highest BCUT2D eigenvalue weighted by molar-refractivity contribution is 5.85. The lowest BCUT2D eigenvalue weighted by atomic mass is 10.0. The second-order valence-electron chi connectivity index (χ2n) is 5.31. The molecule has 20 heavy (non-hydrogen) atoms. The Bertz CT molecular complexity index is 463. The van der Waals surface area contributed by atoms with Gasteiger partial charge in [-0.3, -0.25) is 4.79 Å². The van der Waals surface area contributed by atoms with Gasteiger partial charge in [0.1, 0.15) is 6.10 Å². The van der Waals surface area contributed by atoms with Crippen LogP contribution >= 0.6 is 12.4 Å². The number of carbonyl (C=O) groups is 1. The number of nitrogens with one attached hydrogen (secondary N) is 1. The van der Waals surface area contributed by atoms with Gasteiger partial charge in [0.25, 0.3) is 0 Å². The van der Waals surface area contributed by atoms with E-state index < -0.39 is 11.6 Å². The molecule has 2 heterocycles. The predicted octanol–water partition coefficient (Wildman–Crippen LogP) is 0.657. The number of aryl methyl sites for hydroxylation is 1. The van der Waals surface area contributed by atoms with Crippen molar-refractivity contribution in [2.24, 2.45) is 5.73 Å². The van der Waals surface area contributed by atoms with Crippen LogP contribution in [0, 0.1) is 6.92 Å². The molecule has 7 nitrogen and oxygen atoms in total. The van der Waals surface area contributed by atoms with E-state index in [4.69, 9.17) is 15.0 Å². The maximum absolute atomic E-state index is 12.1. The van der Waals surface area contributed by atoms with Crippen LogP contribution in [0.25, 0.3) is 0 Å². The van der Waals surface area contributed by atoms with Crippen molar-refractivity contribution in [3.05, 3.63) is 11.7 Å². The summed E-state index contributed by atoms with van der Waals surface area (Å²) in [7, 11) is 0. The van der Waals surface area contributed by atoms with Crippen LogP contribution in [0.1, 0.15) is 38.4 Å². The second-order valence-corrected chi connectivity index (χ2v) is 5.31. The fourth-order valence-electron chi connectivity index (χ4n) is 2.07. The molecule has 1 amide bonds. The van der Waals surface area contributed by atoms with E-state index in [1.165, 1.54) is 0 Å². The van der Waals surface area contributed by atoms with Crippen molar-refractivity contribution in [2.75, 3.05) is 6.54 Å². The van der Waals surface area contributed by atoms with Crippen molar-refractivity contribution in [1.82, 2.24) is 15.5 Å². The van der Waals surface area contributed by atoms with E-state index in [0.29, 0.717) is 24.7 Å². The Labute approximate surface area is 124 Å². The topological polar surface area (TPSA) is 103 Å². The average molecular weight is 305 g/mol.